The van der Waals surface area contributed by atoms with Crippen LogP contribution >= 0.6 is 0 Å². The van der Waals surface area contributed by atoms with Gasteiger partial charge in [0.05, 0.1) is 7.11 Å². The molecule has 3 N–H and O–H groups in total. The van der Waals surface area contributed by atoms with Crippen LogP contribution in [0.15, 0.2) is 18.2 Å². The normalized spacial score (nSPS) is 13.1. The Morgan fingerprint density at radius 3 is 2.57 bits per heavy atom. The Labute approximate surface area is 122 Å². The quantitative estimate of drug-likeness (QED) is 0.748. The molecule has 1 unspecified atom stereocenters. The van der Waals surface area contributed by atoms with Crippen molar-refractivity contribution < 1.29 is 23.8 Å². The van der Waals surface area contributed by atoms with Crippen molar-refractivity contribution in [1.82, 2.24) is 10.6 Å². The van der Waals surface area contributed by atoms with Gasteiger partial charge in [-0.2, -0.15) is 0 Å². The van der Waals surface area contributed by atoms with Crippen LogP contribution in [0.5, 0.6) is 5.75 Å². The minimum Gasteiger partial charge on any atom is -0.494 e. The van der Waals surface area contributed by atoms with Crippen molar-refractivity contribution in [3.05, 3.63) is 29.6 Å². The van der Waals surface area contributed by atoms with E-state index in [1.165, 1.54) is 26.2 Å². The molecule has 0 aromatic heterocycles. The van der Waals surface area contributed by atoms with E-state index in [1.54, 1.807) is 13.0 Å². The highest BCUT2D eigenvalue weighted by Gasteiger charge is 2.32. The number of carbonyl (C=O) groups is 2. The fraction of sp³-hybridized carbons (Fsp3) is 0.429. The lowest BCUT2D eigenvalue weighted by molar-refractivity contribution is -0.143. The molecule has 1 aromatic rings. The molecule has 0 saturated heterocycles. The van der Waals surface area contributed by atoms with Crippen LogP contribution in [-0.4, -0.2) is 29.8 Å². The maximum absolute atomic E-state index is 13.5. The summed E-state index contributed by atoms with van der Waals surface area (Å²) in [4.78, 5) is 22.8. The van der Waals surface area contributed by atoms with Gasteiger partial charge in [-0.3, -0.25) is 0 Å². The van der Waals surface area contributed by atoms with Crippen molar-refractivity contribution >= 4 is 12.0 Å². The molecule has 21 heavy (non-hydrogen) atoms. The van der Waals surface area contributed by atoms with Crippen LogP contribution in [0.2, 0.25) is 0 Å². The monoisotopic (exact) mass is 298 g/mol. The van der Waals surface area contributed by atoms with Crippen molar-refractivity contribution in [2.75, 3.05) is 7.11 Å². The predicted molar refractivity (Wildman–Crippen MR) is 74.7 cm³/mol. The van der Waals surface area contributed by atoms with Crippen LogP contribution in [0.1, 0.15) is 25.8 Å². The molecular formula is C14H19FN2O4. The third kappa shape index (κ3) is 4.34. The fourth-order valence-corrected chi connectivity index (χ4v) is 1.59. The molecule has 1 aromatic carbocycles. The first-order chi connectivity index (χ1) is 9.82. The molecule has 1 rings (SSSR count). The van der Waals surface area contributed by atoms with Crippen LogP contribution in [0, 0.1) is 5.82 Å². The predicted octanol–water partition coefficient (Wildman–Crippen LogP) is 1.89. The molecule has 0 aliphatic heterocycles. The number of ether oxygens (including phenoxy) is 1. The number of urea groups is 1. The summed E-state index contributed by atoms with van der Waals surface area (Å²) in [5.74, 6) is -1.52. The lowest BCUT2D eigenvalue weighted by Crippen LogP contribution is -2.54. The van der Waals surface area contributed by atoms with Crippen molar-refractivity contribution in [3.63, 3.8) is 0 Å². The van der Waals surface area contributed by atoms with E-state index in [4.69, 9.17) is 9.84 Å². The first-order valence-electron chi connectivity index (χ1n) is 6.44. The molecule has 0 fully saturated rings. The van der Waals surface area contributed by atoms with Gasteiger partial charge in [-0.05, 0) is 31.0 Å². The summed E-state index contributed by atoms with van der Waals surface area (Å²) in [6.07, 6.45) is 0.243. The number of halogens is 1. The molecule has 0 bridgehead atoms. The van der Waals surface area contributed by atoms with E-state index in [0.29, 0.717) is 5.56 Å². The standard InChI is InChI=1S/C14H19FN2O4/c1-4-14(2,12(18)19)17-13(20)16-8-9-5-6-11(21-3)10(15)7-9/h5-7H,4,8H2,1-3H3,(H,18,19)(H2,16,17,20). The molecule has 6 nitrogen and oxygen atoms in total. The van der Waals surface area contributed by atoms with Crippen molar-refractivity contribution in [3.8, 4) is 5.75 Å². The van der Waals surface area contributed by atoms with Crippen LogP contribution in [0.4, 0.5) is 9.18 Å². The Morgan fingerprint density at radius 1 is 1.43 bits per heavy atom. The third-order valence-corrected chi connectivity index (χ3v) is 3.24. The maximum Gasteiger partial charge on any atom is 0.329 e. The smallest absolute Gasteiger partial charge is 0.329 e. The first-order valence-corrected chi connectivity index (χ1v) is 6.44. The van der Waals surface area contributed by atoms with Gasteiger partial charge in [-0.25, -0.2) is 14.0 Å². The summed E-state index contributed by atoms with van der Waals surface area (Å²) in [5.41, 5.74) is -0.799. The molecule has 116 valence electrons. The van der Waals surface area contributed by atoms with E-state index in [-0.39, 0.29) is 18.7 Å². The lowest BCUT2D eigenvalue weighted by atomic mass is 10.00. The molecular weight excluding hydrogens is 279 g/mol. The number of carboxylic acids is 1. The number of carbonyl (C=O) groups excluding carboxylic acids is 1. The lowest BCUT2D eigenvalue weighted by Gasteiger charge is -2.24. The molecule has 0 aliphatic rings. The van der Waals surface area contributed by atoms with E-state index < -0.39 is 23.4 Å². The second-order valence-corrected chi connectivity index (χ2v) is 4.77. The molecule has 0 aliphatic carbocycles. The number of carboxylic acid groups (broad SMARTS) is 1. The van der Waals surface area contributed by atoms with Gasteiger partial charge in [0.1, 0.15) is 5.54 Å². The molecule has 0 spiro atoms. The van der Waals surface area contributed by atoms with Crippen LogP contribution in [0.3, 0.4) is 0 Å². The number of benzene rings is 1. The fourth-order valence-electron chi connectivity index (χ4n) is 1.59. The maximum atomic E-state index is 13.5. The Kier molecular flexibility index (Phi) is 5.52. The van der Waals surface area contributed by atoms with Crippen LogP contribution in [-0.2, 0) is 11.3 Å². The number of methoxy groups -OCH3 is 1. The second kappa shape index (κ2) is 6.92. The van der Waals surface area contributed by atoms with Gasteiger partial charge in [0.2, 0.25) is 0 Å². The average Bonchev–Trinajstić information content (AvgIpc) is 2.44. The van der Waals surface area contributed by atoms with Gasteiger partial charge in [0.15, 0.2) is 11.6 Å². The molecule has 2 amide bonds. The zero-order valence-electron chi connectivity index (χ0n) is 12.2. The van der Waals surface area contributed by atoms with Gasteiger partial charge < -0.3 is 20.5 Å². The SMILES string of the molecule is CCC(C)(NC(=O)NCc1ccc(OC)c(F)c1)C(=O)O. The Morgan fingerprint density at radius 2 is 2.10 bits per heavy atom. The van der Waals surface area contributed by atoms with Gasteiger partial charge in [0.25, 0.3) is 0 Å². The number of nitrogens with one attached hydrogen (secondary N) is 2. The topological polar surface area (TPSA) is 87.7 Å². The summed E-state index contributed by atoms with van der Waals surface area (Å²) in [5, 5.41) is 13.9. The summed E-state index contributed by atoms with van der Waals surface area (Å²) >= 11 is 0. The number of amides is 2. The van der Waals surface area contributed by atoms with E-state index >= 15 is 0 Å². The summed E-state index contributed by atoms with van der Waals surface area (Å²) < 4.78 is 18.3. The highest BCUT2D eigenvalue weighted by Crippen LogP contribution is 2.17. The van der Waals surface area contributed by atoms with Gasteiger partial charge in [-0.15, -0.1) is 0 Å². The second-order valence-electron chi connectivity index (χ2n) is 4.77. The zero-order valence-corrected chi connectivity index (χ0v) is 12.2. The number of hydrogen-bond acceptors (Lipinski definition) is 3. The van der Waals surface area contributed by atoms with Crippen molar-refractivity contribution in [2.24, 2.45) is 0 Å². The summed E-state index contributed by atoms with van der Waals surface area (Å²) in [6, 6.07) is 3.68. The number of hydrogen-bond donors (Lipinski definition) is 3. The van der Waals surface area contributed by atoms with E-state index in [0.717, 1.165) is 0 Å². The Bertz CT molecular complexity index is 536. The van der Waals surface area contributed by atoms with Gasteiger partial charge in [0, 0.05) is 6.54 Å². The summed E-state index contributed by atoms with van der Waals surface area (Å²) in [6.45, 7) is 3.15. The Balaban J connectivity index is 2.61. The van der Waals surface area contributed by atoms with Gasteiger partial charge in [-0.1, -0.05) is 13.0 Å². The molecule has 1 atom stereocenters. The molecule has 0 saturated carbocycles. The zero-order chi connectivity index (χ0) is 16.0. The minimum atomic E-state index is -1.34. The highest BCUT2D eigenvalue weighted by atomic mass is 19.1. The van der Waals surface area contributed by atoms with Crippen molar-refractivity contribution in [1.29, 1.82) is 0 Å². The van der Waals surface area contributed by atoms with Crippen LogP contribution < -0.4 is 15.4 Å². The molecule has 0 heterocycles. The van der Waals surface area contributed by atoms with Crippen LogP contribution in [0.25, 0.3) is 0 Å². The highest BCUT2D eigenvalue weighted by molar-refractivity contribution is 5.85. The van der Waals surface area contributed by atoms with Crippen molar-refractivity contribution in [2.45, 2.75) is 32.4 Å². The molecule has 7 heteroatoms. The third-order valence-electron chi connectivity index (χ3n) is 3.24. The largest absolute Gasteiger partial charge is 0.494 e. The Hall–Kier alpha value is -2.31. The van der Waals surface area contributed by atoms with E-state index in [2.05, 4.69) is 10.6 Å². The summed E-state index contributed by atoms with van der Waals surface area (Å²) in [7, 11) is 1.36. The van der Waals surface area contributed by atoms with E-state index in [1.807, 2.05) is 0 Å². The number of rotatable bonds is 6. The average molecular weight is 298 g/mol. The van der Waals surface area contributed by atoms with E-state index in [9.17, 15) is 14.0 Å². The first kappa shape index (κ1) is 16.7. The number of aliphatic carboxylic acids is 1. The minimum absolute atomic E-state index is 0.0756. The molecule has 0 radical (unpaired) electrons. The van der Waals surface area contributed by atoms with Gasteiger partial charge >= 0.3 is 12.0 Å².